The van der Waals surface area contributed by atoms with Crippen LogP contribution >= 0.6 is 36.2 Å². The minimum atomic E-state index is -0.366. The lowest BCUT2D eigenvalue weighted by Crippen LogP contribution is -2.34. The number of thiazole rings is 1. The van der Waals surface area contributed by atoms with E-state index in [0.29, 0.717) is 23.9 Å². The average molecular weight is 370 g/mol. The van der Waals surface area contributed by atoms with Gasteiger partial charge in [0.25, 0.3) is 5.91 Å². The maximum Gasteiger partial charge on any atom is 0.263 e. The topological polar surface area (TPSA) is 74.2 Å². The molecule has 0 spiro atoms. The summed E-state index contributed by atoms with van der Waals surface area (Å²) in [5.41, 5.74) is 0.799. The van der Waals surface area contributed by atoms with E-state index in [1.165, 1.54) is 11.3 Å². The lowest BCUT2D eigenvalue weighted by Gasteiger charge is -2.13. The second kappa shape index (κ2) is 9.67. The first-order chi connectivity index (χ1) is 9.47. The SMILES string of the molecule is Cc1nc(CC(C)C)sc1C(=O)NCC1CNCC1O.Cl.Cl. The first kappa shape index (κ1) is 21.6. The molecule has 0 aromatic carbocycles. The second-order valence-corrected chi connectivity index (χ2v) is 6.90. The Morgan fingerprint density at radius 3 is 2.68 bits per heavy atom. The van der Waals surface area contributed by atoms with Crippen molar-refractivity contribution in [3.8, 4) is 0 Å². The van der Waals surface area contributed by atoms with E-state index in [-0.39, 0.29) is 42.7 Å². The van der Waals surface area contributed by atoms with Gasteiger partial charge in [-0.15, -0.1) is 36.2 Å². The van der Waals surface area contributed by atoms with Gasteiger partial charge in [0.15, 0.2) is 0 Å². The summed E-state index contributed by atoms with van der Waals surface area (Å²) in [7, 11) is 0. The van der Waals surface area contributed by atoms with Crippen molar-refractivity contribution >= 4 is 42.1 Å². The van der Waals surface area contributed by atoms with E-state index in [9.17, 15) is 9.90 Å². The minimum Gasteiger partial charge on any atom is -0.391 e. The smallest absolute Gasteiger partial charge is 0.263 e. The lowest BCUT2D eigenvalue weighted by molar-refractivity contribution is 0.0930. The third-order valence-electron chi connectivity index (χ3n) is 3.46. The molecule has 0 bridgehead atoms. The zero-order valence-electron chi connectivity index (χ0n) is 13.1. The molecule has 5 nitrogen and oxygen atoms in total. The van der Waals surface area contributed by atoms with Crippen LogP contribution in [0.15, 0.2) is 0 Å². The third-order valence-corrected chi connectivity index (χ3v) is 4.64. The Labute approximate surface area is 148 Å². The molecule has 8 heteroatoms. The Bertz CT molecular complexity index is 483. The largest absolute Gasteiger partial charge is 0.391 e. The minimum absolute atomic E-state index is 0. The summed E-state index contributed by atoms with van der Waals surface area (Å²) in [5, 5.41) is 16.7. The molecule has 1 aliphatic rings. The van der Waals surface area contributed by atoms with Crippen LogP contribution in [0.25, 0.3) is 0 Å². The fraction of sp³-hybridized carbons (Fsp3) is 0.714. The van der Waals surface area contributed by atoms with E-state index >= 15 is 0 Å². The number of aromatic nitrogens is 1. The monoisotopic (exact) mass is 369 g/mol. The molecular formula is C14H25Cl2N3O2S. The maximum absolute atomic E-state index is 12.2. The average Bonchev–Trinajstić information content (AvgIpc) is 2.92. The Hall–Kier alpha value is -0.400. The van der Waals surface area contributed by atoms with Crippen molar-refractivity contribution in [1.29, 1.82) is 0 Å². The van der Waals surface area contributed by atoms with Gasteiger partial charge in [0, 0.05) is 32.0 Å². The van der Waals surface area contributed by atoms with Gasteiger partial charge in [-0.3, -0.25) is 4.79 Å². The number of carbonyl (C=O) groups is 1. The Kier molecular flexibility index (Phi) is 9.50. The summed E-state index contributed by atoms with van der Waals surface area (Å²) in [6.07, 6.45) is 0.540. The predicted molar refractivity (Wildman–Crippen MR) is 94.6 cm³/mol. The molecule has 0 radical (unpaired) electrons. The van der Waals surface area contributed by atoms with Gasteiger partial charge in [-0.05, 0) is 12.8 Å². The van der Waals surface area contributed by atoms with E-state index in [2.05, 4.69) is 29.5 Å². The predicted octanol–water partition coefficient (Wildman–Crippen LogP) is 1.80. The van der Waals surface area contributed by atoms with E-state index < -0.39 is 0 Å². The molecule has 3 N–H and O–H groups in total. The zero-order chi connectivity index (χ0) is 14.7. The van der Waals surface area contributed by atoms with Crippen LogP contribution in [0, 0.1) is 18.8 Å². The molecule has 1 amide bonds. The van der Waals surface area contributed by atoms with Crippen LogP contribution in [0.4, 0.5) is 0 Å². The fourth-order valence-electron chi connectivity index (χ4n) is 2.33. The van der Waals surface area contributed by atoms with E-state index in [0.717, 1.165) is 23.7 Å². The van der Waals surface area contributed by atoms with Crippen LogP contribution in [-0.4, -0.2) is 41.7 Å². The molecule has 2 rings (SSSR count). The Morgan fingerprint density at radius 1 is 1.45 bits per heavy atom. The highest BCUT2D eigenvalue weighted by atomic mass is 35.5. The highest BCUT2D eigenvalue weighted by Gasteiger charge is 2.25. The van der Waals surface area contributed by atoms with Crippen molar-refractivity contribution in [2.24, 2.45) is 11.8 Å². The molecule has 1 aromatic rings. The molecule has 1 aromatic heterocycles. The molecule has 2 heterocycles. The number of β-amino-alcohol motifs (C(OH)–C–C–N with tert-alkyl or cyclic N) is 1. The van der Waals surface area contributed by atoms with Crippen molar-refractivity contribution in [2.75, 3.05) is 19.6 Å². The highest BCUT2D eigenvalue weighted by molar-refractivity contribution is 7.13. The molecule has 0 aliphatic carbocycles. The van der Waals surface area contributed by atoms with Gasteiger partial charge in [-0.2, -0.15) is 0 Å². The van der Waals surface area contributed by atoms with Crippen LogP contribution in [-0.2, 0) is 6.42 Å². The molecule has 1 aliphatic heterocycles. The van der Waals surface area contributed by atoms with Gasteiger partial charge in [0.05, 0.1) is 16.8 Å². The van der Waals surface area contributed by atoms with E-state index in [1.807, 2.05) is 6.92 Å². The molecule has 0 saturated carbocycles. The standard InChI is InChI=1S/C14H23N3O2S.2ClH/c1-8(2)4-12-17-9(3)13(20-12)14(19)16-6-10-5-15-7-11(10)18;;/h8,10-11,15,18H,4-7H2,1-3H3,(H,16,19);2*1H. The van der Waals surface area contributed by atoms with Crippen LogP contribution in [0.2, 0.25) is 0 Å². The van der Waals surface area contributed by atoms with Crippen molar-refractivity contribution < 1.29 is 9.90 Å². The van der Waals surface area contributed by atoms with E-state index in [1.54, 1.807) is 0 Å². The second-order valence-electron chi connectivity index (χ2n) is 5.82. The molecule has 1 saturated heterocycles. The molecule has 22 heavy (non-hydrogen) atoms. The number of nitrogens with one attached hydrogen (secondary N) is 2. The van der Waals surface area contributed by atoms with Crippen molar-refractivity contribution in [1.82, 2.24) is 15.6 Å². The van der Waals surface area contributed by atoms with Gasteiger partial charge in [-0.1, -0.05) is 13.8 Å². The van der Waals surface area contributed by atoms with E-state index in [4.69, 9.17) is 0 Å². The highest BCUT2D eigenvalue weighted by Crippen LogP contribution is 2.20. The summed E-state index contributed by atoms with van der Waals surface area (Å²) in [6, 6.07) is 0. The Balaban J connectivity index is 0.00000220. The molecule has 128 valence electrons. The number of rotatable bonds is 5. The first-order valence-electron chi connectivity index (χ1n) is 7.10. The van der Waals surface area contributed by atoms with Gasteiger partial charge >= 0.3 is 0 Å². The van der Waals surface area contributed by atoms with Crippen LogP contribution in [0.1, 0.15) is 34.2 Å². The Morgan fingerprint density at radius 2 is 2.14 bits per heavy atom. The fourth-order valence-corrected chi connectivity index (χ4v) is 3.52. The van der Waals surface area contributed by atoms with Gasteiger partial charge < -0.3 is 15.7 Å². The summed E-state index contributed by atoms with van der Waals surface area (Å²) in [6.45, 7) is 8.03. The number of aliphatic hydroxyl groups excluding tert-OH is 1. The number of aliphatic hydroxyl groups is 1. The first-order valence-corrected chi connectivity index (χ1v) is 7.92. The number of hydrogen-bond acceptors (Lipinski definition) is 5. The van der Waals surface area contributed by atoms with Crippen molar-refractivity contribution in [3.63, 3.8) is 0 Å². The lowest BCUT2D eigenvalue weighted by atomic mass is 10.1. The molecule has 2 atom stereocenters. The molecular weight excluding hydrogens is 345 g/mol. The van der Waals surface area contributed by atoms with Gasteiger partial charge in [0.1, 0.15) is 4.88 Å². The summed E-state index contributed by atoms with van der Waals surface area (Å²) in [4.78, 5) is 17.3. The normalized spacial score (nSPS) is 20.4. The van der Waals surface area contributed by atoms with Gasteiger partial charge in [-0.25, -0.2) is 4.98 Å². The number of nitrogens with zero attached hydrogens (tertiary/aromatic N) is 1. The summed E-state index contributed by atoms with van der Waals surface area (Å²) in [5.74, 6) is 0.563. The number of carbonyl (C=O) groups excluding carboxylic acids is 1. The van der Waals surface area contributed by atoms with Crippen LogP contribution in [0.3, 0.4) is 0 Å². The number of halogens is 2. The number of aryl methyl sites for hydroxylation is 1. The van der Waals surface area contributed by atoms with Crippen molar-refractivity contribution in [2.45, 2.75) is 33.3 Å². The molecule has 2 unspecified atom stereocenters. The van der Waals surface area contributed by atoms with Gasteiger partial charge in [0.2, 0.25) is 0 Å². The summed E-state index contributed by atoms with van der Waals surface area (Å²) >= 11 is 1.48. The third kappa shape index (κ3) is 5.66. The summed E-state index contributed by atoms with van der Waals surface area (Å²) < 4.78 is 0. The zero-order valence-corrected chi connectivity index (χ0v) is 15.5. The van der Waals surface area contributed by atoms with Crippen molar-refractivity contribution in [3.05, 3.63) is 15.6 Å². The number of hydrogen-bond donors (Lipinski definition) is 3. The maximum atomic E-state index is 12.2. The number of amides is 1. The molecule has 1 fully saturated rings. The van der Waals surface area contributed by atoms with Crippen LogP contribution in [0.5, 0.6) is 0 Å². The quantitative estimate of drug-likeness (QED) is 0.739. The van der Waals surface area contributed by atoms with Crippen LogP contribution < -0.4 is 10.6 Å².